The molecule has 21 heavy (non-hydrogen) atoms. The molecule has 2 heterocycles. The minimum absolute atomic E-state index is 0.0536. The van der Waals surface area contributed by atoms with E-state index in [1.165, 1.54) is 4.90 Å². The van der Waals surface area contributed by atoms with Crippen molar-refractivity contribution < 1.29 is 19.8 Å². The highest BCUT2D eigenvalue weighted by atomic mass is 32.1. The van der Waals surface area contributed by atoms with Crippen molar-refractivity contribution in [2.45, 2.75) is 38.5 Å². The molecule has 3 atom stereocenters. The van der Waals surface area contributed by atoms with Crippen LogP contribution >= 0.6 is 11.3 Å². The second-order valence-electron chi connectivity index (χ2n) is 5.58. The third-order valence-electron chi connectivity index (χ3n) is 3.62. The molecule has 1 saturated heterocycles. The number of urea groups is 1. The summed E-state index contributed by atoms with van der Waals surface area (Å²) in [6.07, 6.45) is -0.704. The summed E-state index contributed by atoms with van der Waals surface area (Å²) in [6.45, 7) is 4.05. The highest BCUT2D eigenvalue weighted by Gasteiger charge is 2.39. The number of aliphatic carboxylic acids is 1. The van der Waals surface area contributed by atoms with E-state index in [-0.39, 0.29) is 24.9 Å². The molecule has 0 spiro atoms. The molecule has 2 rings (SSSR count). The van der Waals surface area contributed by atoms with E-state index in [4.69, 9.17) is 5.11 Å². The van der Waals surface area contributed by atoms with Crippen molar-refractivity contribution in [3.05, 3.63) is 22.4 Å². The summed E-state index contributed by atoms with van der Waals surface area (Å²) >= 11 is 1.55. The Morgan fingerprint density at radius 1 is 1.48 bits per heavy atom. The number of β-amino-alcohol motifs (C(OH)–C–C–N with tert-alkyl or cyclic N) is 1. The first-order valence-corrected chi connectivity index (χ1v) is 7.79. The number of carboxylic acid groups (broad SMARTS) is 1. The lowest BCUT2D eigenvalue weighted by Gasteiger charge is -2.27. The van der Waals surface area contributed by atoms with Crippen LogP contribution in [0.5, 0.6) is 0 Å². The average molecular weight is 312 g/mol. The quantitative estimate of drug-likeness (QED) is 0.789. The molecule has 1 aromatic heterocycles. The Bertz CT molecular complexity index is 503. The molecule has 1 aromatic rings. The van der Waals surface area contributed by atoms with Gasteiger partial charge in [0, 0.05) is 17.8 Å². The van der Waals surface area contributed by atoms with Gasteiger partial charge >= 0.3 is 12.0 Å². The number of aliphatic hydroxyl groups excluding tert-OH is 1. The number of hydrogen-bond donors (Lipinski definition) is 3. The maximum Gasteiger partial charge on any atom is 0.326 e. The van der Waals surface area contributed by atoms with Gasteiger partial charge in [-0.15, -0.1) is 11.3 Å². The van der Waals surface area contributed by atoms with E-state index >= 15 is 0 Å². The van der Waals surface area contributed by atoms with E-state index in [0.717, 1.165) is 4.88 Å². The molecule has 116 valence electrons. The molecule has 1 fully saturated rings. The molecule has 1 aliphatic heterocycles. The number of nitrogens with one attached hydrogen (secondary N) is 1. The largest absolute Gasteiger partial charge is 0.480 e. The van der Waals surface area contributed by atoms with Gasteiger partial charge in [-0.2, -0.15) is 0 Å². The van der Waals surface area contributed by atoms with Gasteiger partial charge in [0.2, 0.25) is 0 Å². The van der Waals surface area contributed by atoms with E-state index in [1.807, 2.05) is 31.4 Å². The fraction of sp³-hybridized carbons (Fsp3) is 0.571. The number of likely N-dealkylation sites (tertiary alicyclic amines) is 1. The van der Waals surface area contributed by atoms with Crippen LogP contribution < -0.4 is 5.32 Å². The lowest BCUT2D eigenvalue weighted by molar-refractivity contribution is -0.141. The lowest BCUT2D eigenvalue weighted by atomic mass is 10.0. The molecule has 2 amide bonds. The van der Waals surface area contributed by atoms with Crippen LogP contribution in [0.25, 0.3) is 0 Å². The van der Waals surface area contributed by atoms with Crippen molar-refractivity contribution in [2.75, 3.05) is 6.54 Å². The van der Waals surface area contributed by atoms with Crippen LogP contribution in [0, 0.1) is 5.92 Å². The molecule has 3 N–H and O–H groups in total. The Kier molecular flexibility index (Phi) is 4.84. The zero-order valence-electron chi connectivity index (χ0n) is 12.0. The van der Waals surface area contributed by atoms with Crippen molar-refractivity contribution in [3.63, 3.8) is 0 Å². The Hall–Kier alpha value is -1.60. The summed E-state index contributed by atoms with van der Waals surface area (Å²) in [7, 11) is 0. The smallest absolute Gasteiger partial charge is 0.326 e. The highest BCUT2D eigenvalue weighted by Crippen LogP contribution is 2.27. The summed E-state index contributed by atoms with van der Waals surface area (Å²) in [5.41, 5.74) is 0. The van der Waals surface area contributed by atoms with Crippen molar-refractivity contribution in [1.82, 2.24) is 10.2 Å². The topological polar surface area (TPSA) is 89.9 Å². The summed E-state index contributed by atoms with van der Waals surface area (Å²) in [4.78, 5) is 25.8. The zero-order valence-corrected chi connectivity index (χ0v) is 12.8. The first-order valence-electron chi connectivity index (χ1n) is 6.91. The number of amides is 2. The predicted molar refractivity (Wildman–Crippen MR) is 79.2 cm³/mol. The van der Waals surface area contributed by atoms with Gasteiger partial charge < -0.3 is 20.4 Å². The average Bonchev–Trinajstić information content (AvgIpc) is 3.04. The van der Waals surface area contributed by atoms with Gasteiger partial charge in [-0.3, -0.25) is 0 Å². The molecule has 6 nitrogen and oxygen atoms in total. The minimum Gasteiger partial charge on any atom is -0.480 e. The predicted octanol–water partition coefficient (Wildman–Crippen LogP) is 1.67. The highest BCUT2D eigenvalue weighted by molar-refractivity contribution is 7.10. The lowest BCUT2D eigenvalue weighted by Crippen LogP contribution is -2.47. The number of rotatable bonds is 4. The van der Waals surface area contributed by atoms with Gasteiger partial charge in [-0.1, -0.05) is 19.9 Å². The number of carboxylic acids is 1. The third-order valence-corrected chi connectivity index (χ3v) is 4.58. The van der Waals surface area contributed by atoms with Crippen LogP contribution in [0.1, 0.15) is 31.2 Å². The molecule has 1 unspecified atom stereocenters. The monoisotopic (exact) mass is 312 g/mol. The maximum atomic E-state index is 12.4. The Morgan fingerprint density at radius 2 is 2.19 bits per heavy atom. The van der Waals surface area contributed by atoms with Crippen molar-refractivity contribution in [1.29, 1.82) is 0 Å². The van der Waals surface area contributed by atoms with Crippen LogP contribution in [0.3, 0.4) is 0 Å². The minimum atomic E-state index is -1.08. The SMILES string of the molecule is CC(C)C(NC(=O)N1C[C@H](O)C[C@@H]1C(=O)O)c1cccs1. The van der Waals surface area contributed by atoms with Gasteiger partial charge in [0.15, 0.2) is 0 Å². The van der Waals surface area contributed by atoms with Gasteiger partial charge in [0.1, 0.15) is 6.04 Å². The van der Waals surface area contributed by atoms with Crippen LogP contribution in [0.15, 0.2) is 17.5 Å². The van der Waals surface area contributed by atoms with Crippen LogP contribution in [0.2, 0.25) is 0 Å². The Labute approximate surface area is 127 Å². The Balaban J connectivity index is 2.10. The Morgan fingerprint density at radius 3 is 2.71 bits per heavy atom. The summed E-state index contributed by atoms with van der Waals surface area (Å²) in [5, 5.41) is 23.6. The standard InChI is InChI=1S/C14H20N2O4S/c1-8(2)12(11-4-3-5-21-11)15-14(20)16-7-9(17)6-10(16)13(18)19/h3-5,8-10,12,17H,6-7H2,1-2H3,(H,15,20)(H,18,19)/t9-,10-,12?/m1/s1. The molecular formula is C14H20N2O4S. The molecule has 1 aliphatic rings. The molecule has 0 bridgehead atoms. The number of carbonyl (C=O) groups is 2. The summed E-state index contributed by atoms with van der Waals surface area (Å²) in [5.74, 6) is -0.901. The van der Waals surface area contributed by atoms with E-state index < -0.39 is 24.1 Å². The second kappa shape index (κ2) is 6.44. The van der Waals surface area contributed by atoms with Crippen molar-refractivity contribution >= 4 is 23.3 Å². The molecule has 7 heteroatoms. The fourth-order valence-corrected chi connectivity index (χ4v) is 3.47. The number of nitrogens with zero attached hydrogens (tertiary/aromatic N) is 1. The van der Waals surface area contributed by atoms with E-state index in [2.05, 4.69) is 5.32 Å². The van der Waals surface area contributed by atoms with Crippen LogP contribution in [0.4, 0.5) is 4.79 Å². The van der Waals surface area contributed by atoms with E-state index in [0.29, 0.717) is 0 Å². The molecule has 0 aliphatic carbocycles. The maximum absolute atomic E-state index is 12.4. The van der Waals surface area contributed by atoms with Crippen molar-refractivity contribution in [2.24, 2.45) is 5.92 Å². The number of thiophene rings is 1. The number of aliphatic hydroxyl groups is 1. The van der Waals surface area contributed by atoms with Gasteiger partial charge in [0.25, 0.3) is 0 Å². The molecule has 0 aromatic carbocycles. The van der Waals surface area contributed by atoms with Crippen LogP contribution in [-0.2, 0) is 4.79 Å². The van der Waals surface area contributed by atoms with E-state index in [1.54, 1.807) is 11.3 Å². The third kappa shape index (κ3) is 3.54. The van der Waals surface area contributed by atoms with Gasteiger partial charge in [0.05, 0.1) is 12.1 Å². The molecule has 0 radical (unpaired) electrons. The van der Waals surface area contributed by atoms with E-state index in [9.17, 15) is 14.7 Å². The van der Waals surface area contributed by atoms with Gasteiger partial charge in [-0.05, 0) is 17.4 Å². The number of carbonyl (C=O) groups excluding carboxylic acids is 1. The second-order valence-corrected chi connectivity index (χ2v) is 6.56. The molecule has 0 saturated carbocycles. The zero-order chi connectivity index (χ0) is 15.6. The first-order chi connectivity index (χ1) is 9.90. The van der Waals surface area contributed by atoms with Crippen LogP contribution in [-0.4, -0.2) is 45.8 Å². The summed E-state index contributed by atoms with van der Waals surface area (Å²) in [6, 6.07) is 2.30. The first kappa shape index (κ1) is 15.8. The fourth-order valence-electron chi connectivity index (χ4n) is 2.52. The number of hydrogen-bond acceptors (Lipinski definition) is 4. The van der Waals surface area contributed by atoms with Gasteiger partial charge in [-0.25, -0.2) is 9.59 Å². The molecular weight excluding hydrogens is 292 g/mol. The summed E-state index contributed by atoms with van der Waals surface area (Å²) < 4.78 is 0. The van der Waals surface area contributed by atoms with Crippen molar-refractivity contribution in [3.8, 4) is 0 Å². The normalized spacial score (nSPS) is 23.3.